The van der Waals surface area contributed by atoms with E-state index in [4.69, 9.17) is 11.6 Å². The first-order valence-corrected chi connectivity index (χ1v) is 8.01. The Labute approximate surface area is 110 Å². The molecule has 0 bridgehead atoms. The first-order valence-electron chi connectivity index (χ1n) is 5.53. The summed E-state index contributed by atoms with van der Waals surface area (Å²) in [6, 6.07) is 1.88. The molecule has 0 radical (unpaired) electrons. The fourth-order valence-electron chi connectivity index (χ4n) is 1.88. The first kappa shape index (κ1) is 12.5. The molecule has 0 amide bonds. The van der Waals surface area contributed by atoms with Crippen LogP contribution in [0.2, 0.25) is 5.15 Å². The summed E-state index contributed by atoms with van der Waals surface area (Å²) in [5, 5.41) is 3.06. The van der Waals surface area contributed by atoms with Crippen molar-refractivity contribution in [1.82, 2.24) is 9.97 Å². The molecule has 1 heterocycles. The fraction of sp³-hybridized carbons (Fsp3) is 0.636. The van der Waals surface area contributed by atoms with Gasteiger partial charge in [0, 0.05) is 11.3 Å². The van der Waals surface area contributed by atoms with Crippen molar-refractivity contribution in [3.63, 3.8) is 0 Å². The van der Waals surface area contributed by atoms with E-state index in [2.05, 4.69) is 9.97 Å². The number of hydrogen-bond donors (Lipinski definition) is 0. The molecule has 0 N–H and O–H groups in total. The minimum Gasteiger partial charge on any atom is -0.216 e. The third kappa shape index (κ3) is 3.54. The molecule has 1 aromatic heterocycles. The summed E-state index contributed by atoms with van der Waals surface area (Å²) in [5.41, 5.74) is 0. The topological polar surface area (TPSA) is 25.8 Å². The normalized spacial score (nSPS) is 17.6. The van der Waals surface area contributed by atoms with E-state index in [-0.39, 0.29) is 0 Å². The van der Waals surface area contributed by atoms with Gasteiger partial charge in [0.25, 0.3) is 0 Å². The molecule has 0 unspecified atom stereocenters. The van der Waals surface area contributed by atoms with Gasteiger partial charge in [-0.2, -0.15) is 0 Å². The Morgan fingerprint density at radius 3 is 2.69 bits per heavy atom. The molecule has 0 aliphatic heterocycles. The molecule has 1 aliphatic carbocycles. The van der Waals surface area contributed by atoms with Crippen LogP contribution in [0, 0.1) is 0 Å². The fourth-order valence-corrected chi connectivity index (χ4v) is 3.85. The SMILES string of the molecule is CSc1nc(Cl)cc(SC2CCCCC2)n1. The van der Waals surface area contributed by atoms with Crippen LogP contribution in [0.25, 0.3) is 0 Å². The van der Waals surface area contributed by atoms with Crippen molar-refractivity contribution in [3.8, 4) is 0 Å². The Kier molecular flexibility index (Phi) is 4.79. The average Bonchev–Trinajstić information content (AvgIpc) is 2.29. The summed E-state index contributed by atoms with van der Waals surface area (Å²) in [4.78, 5) is 8.63. The zero-order chi connectivity index (χ0) is 11.4. The van der Waals surface area contributed by atoms with Crippen LogP contribution in [-0.4, -0.2) is 21.5 Å². The van der Waals surface area contributed by atoms with Gasteiger partial charge in [-0.3, -0.25) is 0 Å². The van der Waals surface area contributed by atoms with Gasteiger partial charge in [0.05, 0.1) is 0 Å². The van der Waals surface area contributed by atoms with Crippen LogP contribution >= 0.6 is 35.1 Å². The predicted octanol–water partition coefficient (Wildman–Crippen LogP) is 4.28. The lowest BCUT2D eigenvalue weighted by atomic mass is 10.0. The standard InChI is InChI=1S/C11H15ClN2S2/c1-15-11-13-9(12)7-10(14-11)16-8-5-3-2-4-6-8/h7-8H,2-6H2,1H3. The Bertz CT molecular complexity index is 354. The third-order valence-corrected chi connectivity index (χ3v) is 4.67. The highest BCUT2D eigenvalue weighted by Crippen LogP contribution is 2.33. The van der Waals surface area contributed by atoms with Crippen LogP contribution in [0.1, 0.15) is 32.1 Å². The minimum atomic E-state index is 0.553. The smallest absolute Gasteiger partial charge is 0.189 e. The monoisotopic (exact) mass is 274 g/mol. The van der Waals surface area contributed by atoms with Gasteiger partial charge in [0.2, 0.25) is 0 Å². The molecular weight excluding hydrogens is 260 g/mol. The maximum Gasteiger partial charge on any atom is 0.189 e. The number of thioether (sulfide) groups is 2. The highest BCUT2D eigenvalue weighted by atomic mass is 35.5. The van der Waals surface area contributed by atoms with E-state index in [0.717, 1.165) is 15.4 Å². The first-order chi connectivity index (χ1) is 7.78. The number of rotatable bonds is 3. The Balaban J connectivity index is 2.04. The van der Waals surface area contributed by atoms with Crippen LogP contribution in [0.4, 0.5) is 0 Å². The van der Waals surface area contributed by atoms with Crippen LogP contribution in [0.3, 0.4) is 0 Å². The second-order valence-electron chi connectivity index (χ2n) is 3.89. The van der Waals surface area contributed by atoms with E-state index in [1.165, 1.54) is 43.9 Å². The number of aromatic nitrogens is 2. The summed E-state index contributed by atoms with van der Waals surface area (Å²) in [6.45, 7) is 0. The van der Waals surface area contributed by atoms with Gasteiger partial charge in [-0.25, -0.2) is 9.97 Å². The molecule has 1 saturated carbocycles. The Morgan fingerprint density at radius 1 is 1.25 bits per heavy atom. The van der Waals surface area contributed by atoms with Crippen molar-refractivity contribution < 1.29 is 0 Å². The number of halogens is 1. The quantitative estimate of drug-likeness (QED) is 0.467. The van der Waals surface area contributed by atoms with E-state index in [9.17, 15) is 0 Å². The second kappa shape index (κ2) is 6.12. The largest absolute Gasteiger partial charge is 0.216 e. The van der Waals surface area contributed by atoms with E-state index in [1.807, 2.05) is 24.1 Å². The second-order valence-corrected chi connectivity index (χ2v) is 6.37. The van der Waals surface area contributed by atoms with Crippen LogP contribution in [0.15, 0.2) is 16.2 Å². The zero-order valence-corrected chi connectivity index (χ0v) is 11.7. The summed E-state index contributed by atoms with van der Waals surface area (Å²) >= 11 is 9.37. The Hall–Kier alpha value is 0.0700. The molecule has 0 atom stereocenters. The summed E-state index contributed by atoms with van der Waals surface area (Å²) in [7, 11) is 0. The van der Waals surface area contributed by atoms with E-state index >= 15 is 0 Å². The van der Waals surface area contributed by atoms with Gasteiger partial charge in [-0.1, -0.05) is 42.6 Å². The molecule has 1 aliphatic rings. The average molecular weight is 275 g/mol. The summed E-state index contributed by atoms with van der Waals surface area (Å²) < 4.78 is 0. The van der Waals surface area contributed by atoms with Crippen LogP contribution in [0.5, 0.6) is 0 Å². The molecule has 16 heavy (non-hydrogen) atoms. The minimum absolute atomic E-state index is 0.553. The molecular formula is C11H15ClN2S2. The third-order valence-electron chi connectivity index (χ3n) is 2.67. The maximum absolute atomic E-state index is 5.97. The van der Waals surface area contributed by atoms with Crippen molar-refractivity contribution in [2.45, 2.75) is 47.5 Å². The molecule has 0 spiro atoms. The van der Waals surface area contributed by atoms with Gasteiger partial charge in [-0.05, 0) is 19.1 Å². The Morgan fingerprint density at radius 2 is 2.00 bits per heavy atom. The predicted molar refractivity (Wildman–Crippen MR) is 71.6 cm³/mol. The van der Waals surface area contributed by atoms with E-state index in [0.29, 0.717) is 5.15 Å². The van der Waals surface area contributed by atoms with E-state index < -0.39 is 0 Å². The number of nitrogens with zero attached hydrogens (tertiary/aromatic N) is 2. The van der Waals surface area contributed by atoms with Crippen molar-refractivity contribution >= 4 is 35.1 Å². The molecule has 1 aromatic rings. The lowest BCUT2D eigenvalue weighted by Crippen LogP contribution is -2.08. The zero-order valence-electron chi connectivity index (χ0n) is 9.28. The van der Waals surface area contributed by atoms with Gasteiger partial charge >= 0.3 is 0 Å². The molecule has 0 aromatic carbocycles. The molecule has 2 rings (SSSR count). The molecule has 0 saturated heterocycles. The summed E-state index contributed by atoms with van der Waals surface area (Å²) in [6.07, 6.45) is 8.68. The van der Waals surface area contributed by atoms with Gasteiger partial charge < -0.3 is 0 Å². The van der Waals surface area contributed by atoms with Crippen molar-refractivity contribution in [2.75, 3.05) is 6.26 Å². The van der Waals surface area contributed by atoms with Crippen molar-refractivity contribution in [3.05, 3.63) is 11.2 Å². The highest BCUT2D eigenvalue weighted by Gasteiger charge is 2.16. The number of hydrogen-bond acceptors (Lipinski definition) is 4. The van der Waals surface area contributed by atoms with Crippen molar-refractivity contribution in [1.29, 1.82) is 0 Å². The molecule has 88 valence electrons. The van der Waals surface area contributed by atoms with Crippen LogP contribution in [-0.2, 0) is 0 Å². The van der Waals surface area contributed by atoms with E-state index in [1.54, 1.807) is 0 Å². The van der Waals surface area contributed by atoms with Crippen LogP contribution < -0.4 is 0 Å². The van der Waals surface area contributed by atoms with Gasteiger partial charge in [0.1, 0.15) is 10.2 Å². The molecule has 5 heteroatoms. The lowest BCUT2D eigenvalue weighted by molar-refractivity contribution is 0.515. The molecule has 1 fully saturated rings. The van der Waals surface area contributed by atoms with Gasteiger partial charge in [0.15, 0.2) is 5.16 Å². The maximum atomic E-state index is 5.97. The highest BCUT2D eigenvalue weighted by molar-refractivity contribution is 8.00. The lowest BCUT2D eigenvalue weighted by Gasteiger charge is -2.20. The summed E-state index contributed by atoms with van der Waals surface area (Å²) in [5.74, 6) is 0. The van der Waals surface area contributed by atoms with Gasteiger partial charge in [-0.15, -0.1) is 11.8 Å². The molecule has 2 nitrogen and oxygen atoms in total. The van der Waals surface area contributed by atoms with Crippen molar-refractivity contribution in [2.24, 2.45) is 0 Å².